The molecule has 96 valence electrons. The Morgan fingerprint density at radius 2 is 1.76 bits per heavy atom. The fraction of sp³-hybridized carbons (Fsp3) is 0.700. The van der Waals surface area contributed by atoms with Gasteiger partial charge in [0.15, 0.2) is 0 Å². The number of nitrogens with zero attached hydrogens (tertiary/aromatic N) is 1. The van der Waals surface area contributed by atoms with Gasteiger partial charge in [-0.2, -0.15) is 0 Å². The topological polar surface area (TPSA) is 107 Å². The molecule has 1 atom stereocenters. The number of aliphatic carboxylic acids is 2. The van der Waals surface area contributed by atoms with Crippen LogP contribution in [0.15, 0.2) is 0 Å². The van der Waals surface area contributed by atoms with E-state index in [9.17, 15) is 14.4 Å². The van der Waals surface area contributed by atoms with E-state index in [1.807, 2.05) is 0 Å². The Morgan fingerprint density at radius 3 is 2.12 bits per heavy atom. The molecule has 1 unspecified atom stereocenters. The van der Waals surface area contributed by atoms with Gasteiger partial charge in [-0.25, -0.2) is 0 Å². The van der Waals surface area contributed by atoms with E-state index in [0.29, 0.717) is 19.5 Å². The molecule has 0 radical (unpaired) electrons. The second-order valence-electron chi connectivity index (χ2n) is 4.44. The molecular weight excluding hydrogens is 228 g/mol. The molecule has 1 saturated heterocycles. The van der Waals surface area contributed by atoms with Gasteiger partial charge in [-0.05, 0) is 19.9 Å². The molecule has 0 spiro atoms. The van der Waals surface area contributed by atoms with Crippen molar-refractivity contribution in [3.8, 4) is 0 Å². The van der Waals surface area contributed by atoms with E-state index in [1.165, 1.54) is 0 Å². The van der Waals surface area contributed by atoms with Crippen LogP contribution in [0.1, 0.15) is 13.3 Å². The Labute approximate surface area is 98.4 Å². The molecule has 1 aliphatic heterocycles. The van der Waals surface area contributed by atoms with Gasteiger partial charge in [-0.15, -0.1) is 0 Å². The quantitative estimate of drug-likeness (QED) is 0.571. The summed E-state index contributed by atoms with van der Waals surface area (Å²) in [5.74, 6) is -2.85. The summed E-state index contributed by atoms with van der Waals surface area (Å²) in [6.07, 6.45) is 0.585. The molecule has 0 saturated carbocycles. The Hall–Kier alpha value is -1.63. The van der Waals surface area contributed by atoms with Gasteiger partial charge in [0.25, 0.3) is 0 Å². The third-order valence-corrected chi connectivity index (χ3v) is 2.82. The average molecular weight is 244 g/mol. The van der Waals surface area contributed by atoms with Crippen LogP contribution in [0.5, 0.6) is 0 Å². The Balaban J connectivity index is 2.77. The minimum atomic E-state index is -1.21. The SMILES string of the molecule is CC1(C(=O)N(CC(=O)O)CC(=O)O)CCNC1. The van der Waals surface area contributed by atoms with Crippen LogP contribution in [-0.2, 0) is 14.4 Å². The van der Waals surface area contributed by atoms with Crippen LogP contribution in [0.2, 0.25) is 0 Å². The van der Waals surface area contributed by atoms with Crippen LogP contribution in [0.4, 0.5) is 0 Å². The molecule has 0 aromatic rings. The van der Waals surface area contributed by atoms with Gasteiger partial charge in [-0.1, -0.05) is 0 Å². The summed E-state index contributed by atoms with van der Waals surface area (Å²) >= 11 is 0. The average Bonchev–Trinajstić information content (AvgIpc) is 2.63. The Bertz CT molecular complexity index is 320. The standard InChI is InChI=1S/C10H16N2O5/c1-10(2-3-11-6-10)9(17)12(4-7(13)14)5-8(15)16/h11H,2-6H2,1H3,(H,13,14)(H,15,16). The van der Waals surface area contributed by atoms with Gasteiger partial charge < -0.3 is 20.4 Å². The summed E-state index contributed by atoms with van der Waals surface area (Å²) < 4.78 is 0. The Kier molecular flexibility index (Phi) is 4.06. The largest absolute Gasteiger partial charge is 0.480 e. The number of hydrogen-bond donors (Lipinski definition) is 3. The first-order valence-electron chi connectivity index (χ1n) is 5.29. The minimum absolute atomic E-state index is 0.424. The predicted octanol–water partition coefficient (Wildman–Crippen LogP) is -1.02. The van der Waals surface area contributed by atoms with E-state index >= 15 is 0 Å². The molecule has 1 amide bonds. The van der Waals surface area contributed by atoms with Crippen LogP contribution in [0.3, 0.4) is 0 Å². The van der Waals surface area contributed by atoms with Gasteiger partial charge >= 0.3 is 11.9 Å². The van der Waals surface area contributed by atoms with E-state index in [4.69, 9.17) is 10.2 Å². The monoisotopic (exact) mass is 244 g/mol. The number of carbonyl (C=O) groups is 3. The molecule has 7 heteroatoms. The van der Waals surface area contributed by atoms with Crippen molar-refractivity contribution in [3.63, 3.8) is 0 Å². The fourth-order valence-corrected chi connectivity index (χ4v) is 1.91. The van der Waals surface area contributed by atoms with Crippen molar-refractivity contribution >= 4 is 17.8 Å². The maximum absolute atomic E-state index is 12.1. The van der Waals surface area contributed by atoms with Crippen molar-refractivity contribution in [1.29, 1.82) is 0 Å². The summed E-state index contributed by atoms with van der Waals surface area (Å²) in [6.45, 7) is 1.67. The maximum atomic E-state index is 12.1. The van der Waals surface area contributed by atoms with Crippen LogP contribution < -0.4 is 5.32 Å². The van der Waals surface area contributed by atoms with Gasteiger partial charge in [0.05, 0.1) is 5.41 Å². The normalized spacial score (nSPS) is 23.4. The molecular formula is C10H16N2O5. The van der Waals surface area contributed by atoms with Crippen molar-refractivity contribution in [2.24, 2.45) is 5.41 Å². The summed E-state index contributed by atoms with van der Waals surface area (Å²) in [5.41, 5.74) is -0.703. The lowest BCUT2D eigenvalue weighted by Crippen LogP contribution is -2.47. The van der Waals surface area contributed by atoms with Gasteiger partial charge in [0.1, 0.15) is 13.1 Å². The van der Waals surface area contributed by atoms with E-state index in [2.05, 4.69) is 5.32 Å². The van der Waals surface area contributed by atoms with E-state index in [-0.39, 0.29) is 0 Å². The summed E-state index contributed by atoms with van der Waals surface area (Å²) in [5, 5.41) is 20.4. The highest BCUT2D eigenvalue weighted by molar-refractivity contribution is 5.89. The van der Waals surface area contributed by atoms with E-state index in [0.717, 1.165) is 4.90 Å². The molecule has 0 aliphatic carbocycles. The third-order valence-electron chi connectivity index (χ3n) is 2.82. The Morgan fingerprint density at radius 1 is 1.24 bits per heavy atom. The van der Waals surface area contributed by atoms with E-state index in [1.54, 1.807) is 6.92 Å². The summed E-state index contributed by atoms with van der Waals surface area (Å²) in [6, 6.07) is 0. The smallest absolute Gasteiger partial charge is 0.323 e. The first-order chi connectivity index (χ1) is 7.85. The van der Waals surface area contributed by atoms with Gasteiger partial charge in [0.2, 0.25) is 5.91 Å². The first-order valence-corrected chi connectivity index (χ1v) is 5.29. The second-order valence-corrected chi connectivity index (χ2v) is 4.44. The zero-order valence-electron chi connectivity index (χ0n) is 9.60. The number of carboxylic acid groups (broad SMARTS) is 2. The van der Waals surface area contributed by atoms with Crippen molar-refractivity contribution in [3.05, 3.63) is 0 Å². The van der Waals surface area contributed by atoms with E-state index < -0.39 is 36.4 Å². The van der Waals surface area contributed by atoms with Crippen LogP contribution in [-0.4, -0.2) is 59.1 Å². The minimum Gasteiger partial charge on any atom is -0.480 e. The van der Waals surface area contributed by atoms with Crippen molar-refractivity contribution in [2.75, 3.05) is 26.2 Å². The highest BCUT2D eigenvalue weighted by atomic mass is 16.4. The number of nitrogens with one attached hydrogen (secondary N) is 1. The lowest BCUT2D eigenvalue weighted by atomic mass is 9.88. The van der Waals surface area contributed by atoms with Crippen LogP contribution >= 0.6 is 0 Å². The highest BCUT2D eigenvalue weighted by Gasteiger charge is 2.40. The molecule has 0 aromatic heterocycles. The molecule has 17 heavy (non-hydrogen) atoms. The third kappa shape index (κ3) is 3.42. The fourth-order valence-electron chi connectivity index (χ4n) is 1.91. The van der Waals surface area contributed by atoms with Gasteiger partial charge in [0, 0.05) is 6.54 Å². The molecule has 3 N–H and O–H groups in total. The lowest BCUT2D eigenvalue weighted by Gasteiger charge is -2.28. The number of carbonyl (C=O) groups excluding carboxylic acids is 1. The molecule has 7 nitrogen and oxygen atoms in total. The van der Waals surface area contributed by atoms with Crippen LogP contribution in [0.25, 0.3) is 0 Å². The van der Waals surface area contributed by atoms with Crippen molar-refractivity contribution in [1.82, 2.24) is 10.2 Å². The van der Waals surface area contributed by atoms with Gasteiger partial charge in [-0.3, -0.25) is 14.4 Å². The zero-order chi connectivity index (χ0) is 13.1. The van der Waals surface area contributed by atoms with Crippen molar-refractivity contribution in [2.45, 2.75) is 13.3 Å². The number of amides is 1. The van der Waals surface area contributed by atoms with Crippen molar-refractivity contribution < 1.29 is 24.6 Å². The number of carboxylic acids is 2. The van der Waals surface area contributed by atoms with Crippen LogP contribution in [0, 0.1) is 5.41 Å². The lowest BCUT2D eigenvalue weighted by molar-refractivity contribution is -0.153. The summed E-state index contributed by atoms with van der Waals surface area (Å²) in [7, 11) is 0. The molecule has 1 aliphatic rings. The molecule has 1 rings (SSSR count). The summed E-state index contributed by atoms with van der Waals surface area (Å²) in [4.78, 5) is 34.2. The highest BCUT2D eigenvalue weighted by Crippen LogP contribution is 2.27. The predicted molar refractivity (Wildman–Crippen MR) is 57.4 cm³/mol. The molecule has 0 bridgehead atoms. The molecule has 1 heterocycles. The number of hydrogen-bond acceptors (Lipinski definition) is 4. The molecule has 0 aromatic carbocycles. The maximum Gasteiger partial charge on any atom is 0.323 e. The second kappa shape index (κ2) is 5.13. The first kappa shape index (κ1) is 13.4. The zero-order valence-corrected chi connectivity index (χ0v) is 9.60. The number of rotatable bonds is 5. The molecule has 1 fully saturated rings.